The maximum Gasteiger partial charge on any atom is 0.174 e. The van der Waals surface area contributed by atoms with E-state index in [4.69, 9.17) is 31.4 Å². The highest BCUT2D eigenvalue weighted by Gasteiger charge is 2.12. The van der Waals surface area contributed by atoms with Crippen molar-refractivity contribution in [3.63, 3.8) is 0 Å². The number of aliphatic hydroxyl groups excluding tert-OH is 1. The lowest BCUT2D eigenvalue weighted by Gasteiger charge is -2.09. The van der Waals surface area contributed by atoms with Crippen LogP contribution in [0.1, 0.15) is 11.3 Å². The summed E-state index contributed by atoms with van der Waals surface area (Å²) >= 11 is 5.83. The molecule has 1 rings (SSSR count). The van der Waals surface area contributed by atoms with Crippen LogP contribution in [0.2, 0.25) is 5.15 Å². The summed E-state index contributed by atoms with van der Waals surface area (Å²) in [5, 5.41) is 17.9. The van der Waals surface area contributed by atoms with Crippen LogP contribution in [0, 0.1) is 11.3 Å². The van der Waals surface area contributed by atoms with Crippen LogP contribution >= 0.6 is 11.6 Å². The van der Waals surface area contributed by atoms with Crippen molar-refractivity contribution in [2.75, 3.05) is 20.3 Å². The molecule has 1 aromatic heterocycles. The summed E-state index contributed by atoms with van der Waals surface area (Å²) in [4.78, 5) is 3.88. The van der Waals surface area contributed by atoms with Gasteiger partial charge in [0, 0.05) is 7.11 Å². The number of rotatable bonds is 5. The Morgan fingerprint density at radius 3 is 2.88 bits per heavy atom. The fourth-order valence-corrected chi connectivity index (χ4v) is 1.35. The lowest BCUT2D eigenvalue weighted by molar-refractivity contribution is 0.146. The van der Waals surface area contributed by atoms with Gasteiger partial charge in [0.25, 0.3) is 0 Å². The fourth-order valence-electron chi connectivity index (χ4n) is 1.08. The highest BCUT2D eigenvalue weighted by atomic mass is 35.5. The number of aromatic nitrogens is 1. The van der Waals surface area contributed by atoms with E-state index in [1.165, 1.54) is 6.07 Å². The number of nitriles is 1. The zero-order chi connectivity index (χ0) is 12.0. The van der Waals surface area contributed by atoms with Gasteiger partial charge in [0.15, 0.2) is 10.9 Å². The monoisotopic (exact) mass is 242 g/mol. The van der Waals surface area contributed by atoms with E-state index in [2.05, 4.69) is 4.98 Å². The molecular weight excluding hydrogens is 232 g/mol. The zero-order valence-electron chi connectivity index (χ0n) is 8.73. The van der Waals surface area contributed by atoms with E-state index in [1.54, 1.807) is 7.11 Å². The molecule has 0 amide bonds. The minimum absolute atomic E-state index is 0.0687. The first-order chi connectivity index (χ1) is 7.72. The SMILES string of the molecule is COCCOc1c(C#N)cc(CO)nc1Cl. The summed E-state index contributed by atoms with van der Waals surface area (Å²) < 4.78 is 10.1. The Balaban J connectivity index is 2.94. The van der Waals surface area contributed by atoms with Crippen molar-refractivity contribution in [2.45, 2.75) is 6.61 Å². The average Bonchev–Trinajstić information content (AvgIpc) is 2.30. The summed E-state index contributed by atoms with van der Waals surface area (Å²) in [5.41, 5.74) is 0.584. The highest BCUT2D eigenvalue weighted by molar-refractivity contribution is 6.31. The van der Waals surface area contributed by atoms with Crippen molar-refractivity contribution in [3.8, 4) is 11.8 Å². The largest absolute Gasteiger partial charge is 0.487 e. The minimum atomic E-state index is -0.271. The number of hydrogen-bond donors (Lipinski definition) is 1. The Hall–Kier alpha value is -1.35. The Bertz CT molecular complexity index is 404. The Labute approximate surface area is 98.2 Å². The highest BCUT2D eigenvalue weighted by Crippen LogP contribution is 2.27. The number of pyridine rings is 1. The van der Waals surface area contributed by atoms with E-state index in [-0.39, 0.29) is 29.7 Å². The maximum atomic E-state index is 8.90. The van der Waals surface area contributed by atoms with Crippen molar-refractivity contribution in [1.82, 2.24) is 4.98 Å². The molecule has 5 nitrogen and oxygen atoms in total. The molecule has 1 N–H and O–H groups in total. The van der Waals surface area contributed by atoms with Crippen LogP contribution in [-0.2, 0) is 11.3 Å². The fraction of sp³-hybridized carbons (Fsp3) is 0.400. The van der Waals surface area contributed by atoms with Gasteiger partial charge in [-0.2, -0.15) is 5.26 Å². The second-order valence-corrected chi connectivity index (χ2v) is 3.25. The number of ether oxygens (including phenoxy) is 2. The second kappa shape index (κ2) is 6.28. The number of aliphatic hydroxyl groups is 1. The molecule has 1 heterocycles. The van der Waals surface area contributed by atoms with E-state index < -0.39 is 0 Å². The van der Waals surface area contributed by atoms with Crippen LogP contribution < -0.4 is 4.74 Å². The van der Waals surface area contributed by atoms with Gasteiger partial charge in [0.1, 0.15) is 12.7 Å². The number of nitrogens with zero attached hydrogens (tertiary/aromatic N) is 2. The van der Waals surface area contributed by atoms with Gasteiger partial charge in [-0.3, -0.25) is 0 Å². The molecule has 16 heavy (non-hydrogen) atoms. The Morgan fingerprint density at radius 1 is 1.56 bits per heavy atom. The lowest BCUT2D eigenvalue weighted by Crippen LogP contribution is -2.07. The van der Waals surface area contributed by atoms with Crippen molar-refractivity contribution >= 4 is 11.6 Å². The Morgan fingerprint density at radius 2 is 2.31 bits per heavy atom. The molecule has 0 aliphatic heterocycles. The molecule has 0 aliphatic rings. The first kappa shape index (κ1) is 12.7. The summed E-state index contributed by atoms with van der Waals surface area (Å²) in [5.74, 6) is 0.221. The van der Waals surface area contributed by atoms with Crippen molar-refractivity contribution < 1.29 is 14.6 Å². The van der Waals surface area contributed by atoms with E-state index >= 15 is 0 Å². The van der Waals surface area contributed by atoms with Gasteiger partial charge in [0.2, 0.25) is 0 Å². The molecule has 1 aromatic rings. The zero-order valence-corrected chi connectivity index (χ0v) is 9.49. The summed E-state index contributed by atoms with van der Waals surface area (Å²) in [6.45, 7) is 0.404. The predicted octanol–water partition coefficient (Wildman–Crippen LogP) is 1.12. The molecule has 0 aromatic carbocycles. The molecule has 0 saturated heterocycles. The molecule has 0 saturated carbocycles. The topological polar surface area (TPSA) is 75.4 Å². The van der Waals surface area contributed by atoms with Gasteiger partial charge in [-0.25, -0.2) is 4.98 Å². The first-order valence-corrected chi connectivity index (χ1v) is 4.92. The smallest absolute Gasteiger partial charge is 0.174 e. The summed E-state index contributed by atoms with van der Waals surface area (Å²) in [7, 11) is 1.54. The van der Waals surface area contributed by atoms with E-state index in [9.17, 15) is 0 Å². The summed E-state index contributed by atoms with van der Waals surface area (Å²) in [6.07, 6.45) is 0. The molecule has 0 radical (unpaired) electrons. The standard InChI is InChI=1S/C10H11ClN2O3/c1-15-2-3-16-9-7(5-12)4-8(6-14)13-10(9)11/h4,14H,2-3,6H2,1H3. The molecule has 0 bridgehead atoms. The normalized spacial score (nSPS) is 9.88. The van der Waals surface area contributed by atoms with Gasteiger partial charge in [0.05, 0.1) is 24.5 Å². The average molecular weight is 243 g/mol. The van der Waals surface area contributed by atoms with Crippen molar-refractivity contribution in [1.29, 1.82) is 5.26 Å². The molecule has 0 fully saturated rings. The van der Waals surface area contributed by atoms with Crippen molar-refractivity contribution in [2.24, 2.45) is 0 Å². The first-order valence-electron chi connectivity index (χ1n) is 4.55. The summed E-state index contributed by atoms with van der Waals surface area (Å²) in [6, 6.07) is 3.38. The molecular formula is C10H11ClN2O3. The van der Waals surface area contributed by atoms with Gasteiger partial charge in [-0.15, -0.1) is 0 Å². The van der Waals surface area contributed by atoms with Crippen LogP contribution in [-0.4, -0.2) is 30.4 Å². The van der Waals surface area contributed by atoms with E-state index in [1.807, 2.05) is 6.07 Å². The third-order valence-electron chi connectivity index (χ3n) is 1.80. The number of methoxy groups -OCH3 is 1. The predicted molar refractivity (Wildman–Crippen MR) is 57.3 cm³/mol. The van der Waals surface area contributed by atoms with E-state index in [0.717, 1.165) is 0 Å². The van der Waals surface area contributed by atoms with Gasteiger partial charge < -0.3 is 14.6 Å². The minimum Gasteiger partial charge on any atom is -0.487 e. The van der Waals surface area contributed by atoms with Crippen LogP contribution in [0.3, 0.4) is 0 Å². The van der Waals surface area contributed by atoms with Crippen LogP contribution in [0.25, 0.3) is 0 Å². The van der Waals surface area contributed by atoms with E-state index in [0.29, 0.717) is 12.3 Å². The second-order valence-electron chi connectivity index (χ2n) is 2.89. The van der Waals surface area contributed by atoms with Gasteiger partial charge >= 0.3 is 0 Å². The van der Waals surface area contributed by atoms with Crippen LogP contribution in [0.5, 0.6) is 5.75 Å². The van der Waals surface area contributed by atoms with Crippen LogP contribution in [0.4, 0.5) is 0 Å². The number of hydrogen-bond acceptors (Lipinski definition) is 5. The quantitative estimate of drug-likeness (QED) is 0.619. The molecule has 0 aliphatic carbocycles. The Kier molecular flexibility index (Phi) is 4.99. The maximum absolute atomic E-state index is 8.90. The van der Waals surface area contributed by atoms with Gasteiger partial charge in [-0.1, -0.05) is 11.6 Å². The van der Waals surface area contributed by atoms with Gasteiger partial charge in [-0.05, 0) is 6.07 Å². The third-order valence-corrected chi connectivity index (χ3v) is 2.06. The molecule has 0 atom stereocenters. The van der Waals surface area contributed by atoms with Crippen molar-refractivity contribution in [3.05, 3.63) is 22.5 Å². The number of halogens is 1. The molecule has 0 spiro atoms. The molecule has 6 heteroatoms. The third kappa shape index (κ3) is 3.07. The lowest BCUT2D eigenvalue weighted by atomic mass is 10.2. The molecule has 0 unspecified atom stereocenters. The molecule has 86 valence electrons. The van der Waals surface area contributed by atoms with Crippen LogP contribution in [0.15, 0.2) is 6.07 Å².